The average molecular weight is 492 g/mol. The molecule has 2 aromatic heterocycles. The van der Waals surface area contributed by atoms with Crippen LogP contribution in [0.25, 0.3) is 5.69 Å². The molecule has 0 fully saturated rings. The van der Waals surface area contributed by atoms with E-state index in [1.54, 1.807) is 28.8 Å². The Morgan fingerprint density at radius 3 is 2.69 bits per heavy atom. The molecule has 3 heterocycles. The van der Waals surface area contributed by atoms with Crippen LogP contribution >= 0.6 is 11.8 Å². The van der Waals surface area contributed by atoms with Crippen molar-refractivity contribution in [2.75, 3.05) is 17.2 Å². The van der Waals surface area contributed by atoms with Crippen LogP contribution in [0.5, 0.6) is 0 Å². The number of benzene rings is 2. The van der Waals surface area contributed by atoms with E-state index < -0.39 is 5.91 Å². The molecule has 8 nitrogen and oxygen atoms in total. The summed E-state index contributed by atoms with van der Waals surface area (Å²) in [6.45, 7) is 0.739. The van der Waals surface area contributed by atoms with Gasteiger partial charge in [0.15, 0.2) is 16.7 Å². The third kappa shape index (κ3) is 4.97. The third-order valence-corrected chi connectivity index (χ3v) is 6.59. The molecular weight excluding hydrogens is 469 g/mol. The number of amides is 2. The van der Waals surface area contributed by atoms with Gasteiger partial charge >= 0.3 is 0 Å². The van der Waals surface area contributed by atoms with E-state index in [2.05, 4.69) is 21.6 Å². The molecule has 178 valence electrons. The van der Waals surface area contributed by atoms with Crippen molar-refractivity contribution in [1.29, 1.82) is 0 Å². The molecular formula is C25H22FN5O3S. The van der Waals surface area contributed by atoms with Crippen molar-refractivity contribution in [2.24, 2.45) is 0 Å². The van der Waals surface area contributed by atoms with E-state index in [1.807, 2.05) is 23.1 Å². The fourth-order valence-corrected chi connectivity index (χ4v) is 4.86. The Hall–Kier alpha value is -3.92. The molecule has 0 radical (unpaired) electrons. The second kappa shape index (κ2) is 10.1. The summed E-state index contributed by atoms with van der Waals surface area (Å²) >= 11 is 1.25. The van der Waals surface area contributed by atoms with E-state index in [4.69, 9.17) is 4.42 Å². The smallest absolute Gasteiger partial charge is 0.287 e. The monoisotopic (exact) mass is 491 g/mol. The minimum Gasteiger partial charge on any atom is -0.459 e. The van der Waals surface area contributed by atoms with Crippen molar-refractivity contribution in [3.63, 3.8) is 0 Å². The summed E-state index contributed by atoms with van der Waals surface area (Å²) in [5, 5.41) is 11.7. The van der Waals surface area contributed by atoms with E-state index in [0.717, 1.165) is 18.5 Å². The Balaban J connectivity index is 1.35. The minimum absolute atomic E-state index is 0.0246. The van der Waals surface area contributed by atoms with E-state index in [9.17, 15) is 14.0 Å². The highest BCUT2D eigenvalue weighted by Gasteiger charge is 2.24. The zero-order valence-electron chi connectivity index (χ0n) is 18.7. The molecule has 0 atom stereocenters. The van der Waals surface area contributed by atoms with Crippen LogP contribution in [0.15, 0.2) is 76.5 Å². The largest absolute Gasteiger partial charge is 0.459 e. The SMILES string of the molecule is O=C(NCc1nnc(SCC(=O)N2CCCc3ccccc32)n1-c1ccc(F)cc1)c1ccco1. The fraction of sp³-hybridized carbons (Fsp3) is 0.200. The van der Waals surface area contributed by atoms with Gasteiger partial charge in [-0.2, -0.15) is 0 Å². The Kier molecular flexibility index (Phi) is 6.62. The Bertz CT molecular complexity index is 1340. The number of anilines is 1. The van der Waals surface area contributed by atoms with Crippen LogP contribution in [-0.2, 0) is 17.8 Å². The summed E-state index contributed by atoms with van der Waals surface area (Å²) in [7, 11) is 0. The van der Waals surface area contributed by atoms with Crippen molar-refractivity contribution in [2.45, 2.75) is 24.5 Å². The summed E-state index contributed by atoms with van der Waals surface area (Å²) in [6.07, 6.45) is 3.29. The van der Waals surface area contributed by atoms with Crippen molar-refractivity contribution in [3.05, 3.63) is 89.9 Å². The predicted molar refractivity (Wildman–Crippen MR) is 129 cm³/mol. The first-order valence-electron chi connectivity index (χ1n) is 11.1. The Morgan fingerprint density at radius 2 is 1.89 bits per heavy atom. The lowest BCUT2D eigenvalue weighted by Crippen LogP contribution is -2.36. The molecule has 1 N–H and O–H groups in total. The molecule has 0 spiro atoms. The molecule has 5 rings (SSSR count). The number of nitrogens with zero attached hydrogens (tertiary/aromatic N) is 4. The number of rotatable bonds is 7. The quantitative estimate of drug-likeness (QED) is 0.393. The van der Waals surface area contributed by atoms with Gasteiger partial charge in [0.05, 0.1) is 18.6 Å². The zero-order valence-corrected chi connectivity index (χ0v) is 19.5. The van der Waals surface area contributed by atoms with Gasteiger partial charge in [0.25, 0.3) is 5.91 Å². The number of fused-ring (bicyclic) bond motifs is 1. The van der Waals surface area contributed by atoms with Gasteiger partial charge in [-0.3, -0.25) is 14.2 Å². The van der Waals surface area contributed by atoms with Crippen molar-refractivity contribution in [1.82, 2.24) is 20.1 Å². The molecule has 10 heteroatoms. The van der Waals surface area contributed by atoms with Crippen LogP contribution in [0.2, 0.25) is 0 Å². The number of para-hydroxylation sites is 1. The summed E-state index contributed by atoms with van der Waals surface area (Å²) in [5.41, 5.74) is 2.74. The number of aromatic nitrogens is 3. The van der Waals surface area contributed by atoms with Gasteiger partial charge in [-0.05, 0) is 60.9 Å². The van der Waals surface area contributed by atoms with Crippen molar-refractivity contribution < 1.29 is 18.4 Å². The van der Waals surface area contributed by atoms with Crippen molar-refractivity contribution in [3.8, 4) is 5.69 Å². The number of furan rings is 1. The van der Waals surface area contributed by atoms with Crippen LogP contribution in [-0.4, -0.2) is 38.9 Å². The third-order valence-electron chi connectivity index (χ3n) is 5.67. The molecule has 0 aliphatic carbocycles. The Labute approximate surface area is 205 Å². The summed E-state index contributed by atoms with van der Waals surface area (Å²) in [6, 6.07) is 17.0. The van der Waals surface area contributed by atoms with Gasteiger partial charge < -0.3 is 14.6 Å². The first-order chi connectivity index (χ1) is 17.1. The van der Waals surface area contributed by atoms with Crippen molar-refractivity contribution >= 4 is 29.3 Å². The number of hydrogen-bond acceptors (Lipinski definition) is 6. The standard InChI is InChI=1S/C25H22FN5O3S/c26-18-9-11-19(12-10-18)31-22(15-27-24(33)21-8-4-14-34-21)28-29-25(31)35-16-23(32)30-13-3-6-17-5-1-2-7-20(17)30/h1-2,4-5,7-12,14H,3,6,13,15-16H2,(H,27,33). The summed E-state index contributed by atoms with van der Waals surface area (Å²) in [4.78, 5) is 27.2. The van der Waals surface area contributed by atoms with E-state index in [1.165, 1.54) is 35.7 Å². The lowest BCUT2D eigenvalue weighted by molar-refractivity contribution is -0.116. The van der Waals surface area contributed by atoms with Crippen LogP contribution < -0.4 is 10.2 Å². The number of hydrogen-bond donors (Lipinski definition) is 1. The van der Waals surface area contributed by atoms with Gasteiger partial charge in [-0.25, -0.2) is 4.39 Å². The van der Waals surface area contributed by atoms with E-state index >= 15 is 0 Å². The topological polar surface area (TPSA) is 93.3 Å². The van der Waals surface area contributed by atoms with Gasteiger partial charge in [-0.1, -0.05) is 30.0 Å². The lowest BCUT2D eigenvalue weighted by Gasteiger charge is -2.29. The van der Waals surface area contributed by atoms with Crippen LogP contribution in [0.3, 0.4) is 0 Å². The number of thioether (sulfide) groups is 1. The van der Waals surface area contributed by atoms with Gasteiger partial charge in [-0.15, -0.1) is 10.2 Å². The van der Waals surface area contributed by atoms with E-state index in [0.29, 0.717) is 23.2 Å². The highest BCUT2D eigenvalue weighted by molar-refractivity contribution is 7.99. The molecule has 35 heavy (non-hydrogen) atoms. The number of aryl methyl sites for hydroxylation is 1. The highest BCUT2D eigenvalue weighted by atomic mass is 32.2. The second-order valence-electron chi connectivity index (χ2n) is 7.94. The first kappa shape index (κ1) is 22.9. The maximum atomic E-state index is 13.6. The van der Waals surface area contributed by atoms with E-state index in [-0.39, 0.29) is 29.8 Å². The molecule has 0 unspecified atom stereocenters. The molecule has 0 saturated heterocycles. The number of nitrogens with one attached hydrogen (secondary N) is 1. The normalized spacial score (nSPS) is 12.9. The average Bonchev–Trinajstić information content (AvgIpc) is 3.57. The molecule has 1 aliphatic heterocycles. The highest BCUT2D eigenvalue weighted by Crippen LogP contribution is 2.29. The Morgan fingerprint density at radius 1 is 1.06 bits per heavy atom. The predicted octanol–water partition coefficient (Wildman–Crippen LogP) is 4.00. The van der Waals surface area contributed by atoms with Crippen LogP contribution in [0.4, 0.5) is 10.1 Å². The second-order valence-corrected chi connectivity index (χ2v) is 8.88. The van der Waals surface area contributed by atoms with Crippen LogP contribution in [0, 0.1) is 5.82 Å². The molecule has 2 aromatic carbocycles. The molecule has 2 amide bonds. The molecule has 4 aromatic rings. The maximum Gasteiger partial charge on any atom is 0.287 e. The first-order valence-corrected chi connectivity index (χ1v) is 12.1. The summed E-state index contributed by atoms with van der Waals surface area (Å²) < 4.78 is 20.4. The molecule has 1 aliphatic rings. The summed E-state index contributed by atoms with van der Waals surface area (Å²) in [5.74, 6) is -0.00978. The fourth-order valence-electron chi connectivity index (χ4n) is 4.01. The van der Waals surface area contributed by atoms with Crippen LogP contribution in [0.1, 0.15) is 28.4 Å². The minimum atomic E-state index is -0.392. The lowest BCUT2D eigenvalue weighted by atomic mass is 10.0. The molecule has 0 saturated carbocycles. The van der Waals surface area contributed by atoms with Gasteiger partial charge in [0.2, 0.25) is 5.91 Å². The molecule has 0 bridgehead atoms. The maximum absolute atomic E-state index is 13.6. The number of carbonyl (C=O) groups excluding carboxylic acids is 2. The number of carbonyl (C=O) groups is 2. The van der Waals surface area contributed by atoms with Gasteiger partial charge in [0, 0.05) is 17.9 Å². The van der Waals surface area contributed by atoms with Gasteiger partial charge in [0.1, 0.15) is 5.82 Å². The number of halogens is 1. The zero-order chi connectivity index (χ0) is 24.2.